The molecule has 1 aliphatic carbocycles. The maximum Gasteiger partial charge on any atom is 0.336 e. The van der Waals surface area contributed by atoms with Crippen LogP contribution in [0.2, 0.25) is 0 Å². The molecule has 0 saturated heterocycles. The van der Waals surface area contributed by atoms with Crippen molar-refractivity contribution in [3.63, 3.8) is 0 Å². The van der Waals surface area contributed by atoms with E-state index in [2.05, 4.69) is 5.32 Å². The molecule has 130 valence electrons. The number of aryl methyl sites for hydroxylation is 2. The molecular formula is C20H21NO4. The molecule has 1 aliphatic rings. The second-order valence-corrected chi connectivity index (χ2v) is 6.49. The number of carbonyl (C=O) groups excluding carboxylic acids is 1. The number of hydrogen-bond donors (Lipinski definition) is 2. The number of carboxylic acid groups (broad SMARTS) is 1. The van der Waals surface area contributed by atoms with Gasteiger partial charge < -0.3 is 15.2 Å². The van der Waals surface area contributed by atoms with Crippen molar-refractivity contribution in [2.24, 2.45) is 5.92 Å². The van der Waals surface area contributed by atoms with Crippen LogP contribution in [-0.2, 0) is 0 Å². The minimum absolute atomic E-state index is 0.180. The van der Waals surface area contributed by atoms with Gasteiger partial charge in [-0.25, -0.2) is 4.79 Å². The van der Waals surface area contributed by atoms with Gasteiger partial charge >= 0.3 is 5.97 Å². The van der Waals surface area contributed by atoms with Gasteiger partial charge in [0, 0.05) is 5.69 Å². The summed E-state index contributed by atoms with van der Waals surface area (Å²) >= 11 is 0. The van der Waals surface area contributed by atoms with Gasteiger partial charge in [0.15, 0.2) is 0 Å². The number of anilines is 1. The Morgan fingerprint density at radius 1 is 1.12 bits per heavy atom. The molecule has 2 aromatic rings. The summed E-state index contributed by atoms with van der Waals surface area (Å²) in [5, 5.41) is 12.1. The summed E-state index contributed by atoms with van der Waals surface area (Å²) in [5.74, 6) is -0.181. The number of hydrogen-bond acceptors (Lipinski definition) is 3. The van der Waals surface area contributed by atoms with Crippen molar-refractivity contribution >= 4 is 17.6 Å². The van der Waals surface area contributed by atoms with Gasteiger partial charge in [-0.3, -0.25) is 4.79 Å². The second-order valence-electron chi connectivity index (χ2n) is 6.49. The molecule has 0 bridgehead atoms. The van der Waals surface area contributed by atoms with Crippen molar-refractivity contribution in [1.82, 2.24) is 0 Å². The predicted octanol–water partition coefficient (Wildman–Crippen LogP) is 4.04. The van der Waals surface area contributed by atoms with E-state index >= 15 is 0 Å². The van der Waals surface area contributed by atoms with E-state index in [1.165, 1.54) is 18.9 Å². The minimum atomic E-state index is -1.01. The van der Waals surface area contributed by atoms with Crippen LogP contribution < -0.4 is 10.1 Å². The van der Waals surface area contributed by atoms with Gasteiger partial charge in [-0.1, -0.05) is 18.2 Å². The number of rotatable bonds is 6. The molecule has 0 heterocycles. The molecule has 2 aromatic carbocycles. The first-order valence-electron chi connectivity index (χ1n) is 8.33. The highest BCUT2D eigenvalue weighted by atomic mass is 16.5. The maximum absolute atomic E-state index is 12.7. The van der Waals surface area contributed by atoms with Crippen LogP contribution >= 0.6 is 0 Å². The third kappa shape index (κ3) is 3.99. The Hall–Kier alpha value is -2.82. The highest BCUT2D eigenvalue weighted by Crippen LogP contribution is 2.30. The zero-order chi connectivity index (χ0) is 18.0. The Morgan fingerprint density at radius 2 is 1.84 bits per heavy atom. The number of aromatic carboxylic acids is 1. The van der Waals surface area contributed by atoms with E-state index in [1.54, 1.807) is 31.2 Å². The Morgan fingerprint density at radius 3 is 2.52 bits per heavy atom. The van der Waals surface area contributed by atoms with Crippen LogP contribution in [-0.4, -0.2) is 23.6 Å². The van der Waals surface area contributed by atoms with Gasteiger partial charge in [0.2, 0.25) is 0 Å². The van der Waals surface area contributed by atoms with Gasteiger partial charge in [-0.15, -0.1) is 0 Å². The van der Waals surface area contributed by atoms with E-state index in [4.69, 9.17) is 4.74 Å². The number of para-hydroxylation sites is 1. The topological polar surface area (TPSA) is 75.6 Å². The normalized spacial score (nSPS) is 13.4. The largest absolute Gasteiger partial charge is 0.492 e. The third-order valence-electron chi connectivity index (χ3n) is 4.35. The molecule has 0 unspecified atom stereocenters. The standard InChI is InChI=1S/C20H21NO4/c1-12-9-13(2)17(10-16(12)20(23)24)21-19(22)15-5-3-4-6-18(15)25-11-14-7-8-14/h3-6,9-10,14H,7-8,11H2,1-2H3,(H,21,22)(H,23,24). The third-order valence-corrected chi connectivity index (χ3v) is 4.35. The number of amides is 1. The molecular weight excluding hydrogens is 318 g/mol. The van der Waals surface area contributed by atoms with Crippen molar-refractivity contribution in [3.05, 3.63) is 58.7 Å². The Balaban J connectivity index is 1.82. The Kier molecular flexibility index (Phi) is 4.74. The molecule has 1 saturated carbocycles. The fraction of sp³-hybridized carbons (Fsp3) is 0.300. The lowest BCUT2D eigenvalue weighted by Gasteiger charge is -2.14. The van der Waals surface area contributed by atoms with Crippen molar-refractivity contribution < 1.29 is 19.4 Å². The Labute approximate surface area is 146 Å². The lowest BCUT2D eigenvalue weighted by molar-refractivity contribution is 0.0695. The average molecular weight is 339 g/mol. The van der Waals surface area contributed by atoms with Crippen LogP contribution in [0.3, 0.4) is 0 Å². The first-order valence-corrected chi connectivity index (χ1v) is 8.33. The summed E-state index contributed by atoms with van der Waals surface area (Å²) in [7, 11) is 0. The van der Waals surface area contributed by atoms with Crippen LogP contribution in [0.4, 0.5) is 5.69 Å². The highest BCUT2D eigenvalue weighted by molar-refractivity contribution is 6.07. The summed E-state index contributed by atoms with van der Waals surface area (Å²) in [6, 6.07) is 10.4. The van der Waals surface area contributed by atoms with Crippen molar-refractivity contribution in [1.29, 1.82) is 0 Å². The maximum atomic E-state index is 12.7. The molecule has 3 rings (SSSR count). The molecule has 2 N–H and O–H groups in total. The number of ether oxygens (including phenoxy) is 1. The van der Waals surface area contributed by atoms with E-state index in [1.807, 2.05) is 13.0 Å². The van der Waals surface area contributed by atoms with Gasteiger partial charge in [-0.05, 0) is 61.9 Å². The lowest BCUT2D eigenvalue weighted by atomic mass is 10.0. The predicted molar refractivity (Wildman–Crippen MR) is 95.5 cm³/mol. The second kappa shape index (κ2) is 6.97. The van der Waals surface area contributed by atoms with E-state index < -0.39 is 5.97 Å². The molecule has 5 nitrogen and oxygen atoms in total. The van der Waals surface area contributed by atoms with E-state index in [0.29, 0.717) is 35.1 Å². The average Bonchev–Trinajstić information content (AvgIpc) is 3.39. The monoisotopic (exact) mass is 339 g/mol. The lowest BCUT2D eigenvalue weighted by Crippen LogP contribution is -2.15. The molecule has 1 amide bonds. The quantitative estimate of drug-likeness (QED) is 0.833. The van der Waals surface area contributed by atoms with Crippen LogP contribution in [0.1, 0.15) is 44.7 Å². The van der Waals surface area contributed by atoms with Crippen LogP contribution in [0.25, 0.3) is 0 Å². The molecule has 0 atom stereocenters. The first-order chi connectivity index (χ1) is 12.0. The van der Waals surface area contributed by atoms with Gasteiger partial charge in [0.05, 0.1) is 17.7 Å². The molecule has 5 heteroatoms. The van der Waals surface area contributed by atoms with Crippen LogP contribution in [0.15, 0.2) is 36.4 Å². The summed E-state index contributed by atoms with van der Waals surface area (Å²) in [5.41, 5.74) is 2.59. The Bertz CT molecular complexity index is 824. The molecule has 25 heavy (non-hydrogen) atoms. The molecule has 0 aliphatic heterocycles. The van der Waals surface area contributed by atoms with Crippen molar-refractivity contribution in [2.45, 2.75) is 26.7 Å². The highest BCUT2D eigenvalue weighted by Gasteiger charge is 2.23. The summed E-state index contributed by atoms with van der Waals surface area (Å²) in [6.07, 6.45) is 2.35. The fourth-order valence-corrected chi connectivity index (χ4v) is 2.68. The van der Waals surface area contributed by atoms with E-state index in [9.17, 15) is 14.7 Å². The molecule has 0 spiro atoms. The fourth-order valence-electron chi connectivity index (χ4n) is 2.68. The van der Waals surface area contributed by atoms with Gasteiger partial charge in [0.25, 0.3) is 5.91 Å². The number of carboxylic acids is 1. The zero-order valence-corrected chi connectivity index (χ0v) is 14.3. The van der Waals surface area contributed by atoms with Crippen LogP contribution in [0, 0.1) is 19.8 Å². The van der Waals surface area contributed by atoms with E-state index in [-0.39, 0.29) is 11.5 Å². The molecule has 0 radical (unpaired) electrons. The smallest absolute Gasteiger partial charge is 0.336 e. The SMILES string of the molecule is Cc1cc(C)c(C(=O)O)cc1NC(=O)c1ccccc1OCC1CC1. The van der Waals surface area contributed by atoms with Crippen LogP contribution in [0.5, 0.6) is 5.75 Å². The summed E-state index contributed by atoms with van der Waals surface area (Å²) in [6.45, 7) is 4.20. The zero-order valence-electron chi connectivity index (χ0n) is 14.3. The minimum Gasteiger partial charge on any atom is -0.492 e. The molecule has 0 aromatic heterocycles. The van der Waals surface area contributed by atoms with Gasteiger partial charge in [-0.2, -0.15) is 0 Å². The van der Waals surface area contributed by atoms with Gasteiger partial charge in [0.1, 0.15) is 5.75 Å². The number of nitrogens with one attached hydrogen (secondary N) is 1. The summed E-state index contributed by atoms with van der Waals surface area (Å²) < 4.78 is 5.78. The van der Waals surface area contributed by atoms with Crippen molar-refractivity contribution in [3.8, 4) is 5.75 Å². The number of carbonyl (C=O) groups is 2. The first kappa shape index (κ1) is 17.0. The van der Waals surface area contributed by atoms with Crippen molar-refractivity contribution in [2.75, 3.05) is 11.9 Å². The van der Waals surface area contributed by atoms with E-state index in [0.717, 1.165) is 5.56 Å². The molecule has 1 fully saturated rings. The summed E-state index contributed by atoms with van der Waals surface area (Å²) in [4.78, 5) is 24.0. The number of benzene rings is 2.